The maximum atomic E-state index is 10.0. The van der Waals surface area contributed by atoms with Gasteiger partial charge in [0.05, 0.1) is 17.5 Å². The summed E-state index contributed by atoms with van der Waals surface area (Å²) in [4.78, 5) is 28.3. The first-order valence-electron chi connectivity index (χ1n) is 5.24. The van der Waals surface area contributed by atoms with Crippen LogP contribution in [-0.2, 0) is 9.59 Å². The largest absolute Gasteiger partial charge is 0.300 e. The zero-order chi connectivity index (χ0) is 12.7. The predicted octanol–water partition coefficient (Wildman–Crippen LogP) is 2.18. The number of ketones is 2. The van der Waals surface area contributed by atoms with Gasteiger partial charge in [-0.05, 0) is 26.0 Å². The minimum absolute atomic E-state index is 0.0625. The van der Waals surface area contributed by atoms with Crippen molar-refractivity contribution in [2.24, 2.45) is 0 Å². The minimum Gasteiger partial charge on any atom is -0.300 e. The molecule has 0 aliphatic heterocycles. The van der Waals surface area contributed by atoms with Crippen molar-refractivity contribution in [3.8, 4) is 0 Å². The molecule has 2 rings (SSSR count). The predicted molar refractivity (Wildman–Crippen MR) is 65.5 cm³/mol. The molecule has 4 heteroatoms. The van der Waals surface area contributed by atoms with Gasteiger partial charge in [-0.2, -0.15) is 0 Å². The van der Waals surface area contributed by atoms with Gasteiger partial charge in [-0.1, -0.05) is 12.1 Å². The molecule has 88 valence electrons. The lowest BCUT2D eigenvalue weighted by molar-refractivity contribution is -0.124. The molecule has 0 aliphatic carbocycles. The molecule has 0 atom stereocenters. The number of carbonyl (C=O) groups is 2. The van der Waals surface area contributed by atoms with Crippen LogP contribution in [0.3, 0.4) is 0 Å². The van der Waals surface area contributed by atoms with E-state index in [1.807, 2.05) is 24.3 Å². The fourth-order valence-corrected chi connectivity index (χ4v) is 1.26. The van der Waals surface area contributed by atoms with E-state index in [4.69, 9.17) is 0 Å². The number of aromatic nitrogens is 2. The van der Waals surface area contributed by atoms with Crippen LogP contribution in [0.25, 0.3) is 11.0 Å². The highest BCUT2D eigenvalue weighted by atomic mass is 16.1. The van der Waals surface area contributed by atoms with E-state index in [-0.39, 0.29) is 18.0 Å². The second-order valence-electron chi connectivity index (χ2n) is 3.63. The number of benzene rings is 1. The lowest BCUT2D eigenvalue weighted by Gasteiger charge is -1.90. The SMILES string of the molecule is CC(=O)CC(C)=O.c1ccc2nccnc2c1. The number of hydrogen-bond acceptors (Lipinski definition) is 4. The summed E-state index contributed by atoms with van der Waals surface area (Å²) in [5.41, 5.74) is 1.90. The van der Waals surface area contributed by atoms with Crippen LogP contribution in [0.4, 0.5) is 0 Å². The normalized spacial score (nSPS) is 9.29. The molecule has 0 aliphatic rings. The highest BCUT2D eigenvalue weighted by Gasteiger charge is 1.94. The third-order valence-electron chi connectivity index (χ3n) is 1.87. The third-order valence-corrected chi connectivity index (χ3v) is 1.87. The van der Waals surface area contributed by atoms with E-state index in [0.29, 0.717) is 0 Å². The van der Waals surface area contributed by atoms with Gasteiger partial charge in [-0.3, -0.25) is 19.6 Å². The zero-order valence-corrected chi connectivity index (χ0v) is 9.88. The van der Waals surface area contributed by atoms with Gasteiger partial charge >= 0.3 is 0 Å². The van der Waals surface area contributed by atoms with Crippen LogP contribution >= 0.6 is 0 Å². The first kappa shape index (κ1) is 13.0. The van der Waals surface area contributed by atoms with Gasteiger partial charge in [0.1, 0.15) is 11.6 Å². The smallest absolute Gasteiger partial charge is 0.137 e. The fourth-order valence-electron chi connectivity index (χ4n) is 1.26. The molecule has 0 spiro atoms. The van der Waals surface area contributed by atoms with Crippen molar-refractivity contribution in [1.82, 2.24) is 9.97 Å². The van der Waals surface area contributed by atoms with Crippen LogP contribution in [0.15, 0.2) is 36.7 Å². The summed E-state index contributed by atoms with van der Waals surface area (Å²) >= 11 is 0. The Morgan fingerprint density at radius 3 is 1.65 bits per heavy atom. The Balaban J connectivity index is 0.000000185. The molecule has 0 saturated heterocycles. The van der Waals surface area contributed by atoms with Crippen LogP contribution in [0, 0.1) is 0 Å². The summed E-state index contributed by atoms with van der Waals surface area (Å²) in [5, 5.41) is 0. The first-order valence-corrected chi connectivity index (χ1v) is 5.24. The molecule has 0 radical (unpaired) electrons. The third kappa shape index (κ3) is 4.97. The molecule has 1 aromatic carbocycles. The number of Topliss-reactive ketones (excluding diaryl/α,β-unsaturated/α-hetero) is 2. The Bertz CT molecular complexity index is 446. The molecule has 0 fully saturated rings. The summed E-state index contributed by atoms with van der Waals surface area (Å²) in [6, 6.07) is 7.80. The summed E-state index contributed by atoms with van der Waals surface area (Å²) in [7, 11) is 0. The average Bonchev–Trinajstić information content (AvgIpc) is 2.28. The van der Waals surface area contributed by atoms with Crippen molar-refractivity contribution in [3.05, 3.63) is 36.7 Å². The first-order chi connectivity index (χ1) is 8.09. The summed E-state index contributed by atoms with van der Waals surface area (Å²) < 4.78 is 0. The molecule has 0 N–H and O–H groups in total. The number of carbonyl (C=O) groups excluding carboxylic acids is 2. The Hall–Kier alpha value is -2.10. The van der Waals surface area contributed by atoms with Gasteiger partial charge < -0.3 is 0 Å². The molecular formula is C13H14N2O2. The van der Waals surface area contributed by atoms with Crippen LogP contribution in [-0.4, -0.2) is 21.5 Å². The highest BCUT2D eigenvalue weighted by molar-refractivity contribution is 5.96. The molecule has 17 heavy (non-hydrogen) atoms. The average molecular weight is 230 g/mol. The van der Waals surface area contributed by atoms with E-state index < -0.39 is 0 Å². The maximum Gasteiger partial charge on any atom is 0.137 e. The lowest BCUT2D eigenvalue weighted by Crippen LogP contribution is -1.97. The van der Waals surface area contributed by atoms with E-state index >= 15 is 0 Å². The molecular weight excluding hydrogens is 216 g/mol. The minimum atomic E-state index is -0.0625. The van der Waals surface area contributed by atoms with Crippen LogP contribution in [0.1, 0.15) is 20.3 Å². The van der Waals surface area contributed by atoms with Crippen molar-refractivity contribution < 1.29 is 9.59 Å². The Kier molecular flexibility index (Phi) is 4.94. The van der Waals surface area contributed by atoms with Crippen molar-refractivity contribution in [2.45, 2.75) is 20.3 Å². The molecule has 0 amide bonds. The molecule has 4 nitrogen and oxygen atoms in total. The van der Waals surface area contributed by atoms with Crippen molar-refractivity contribution >= 4 is 22.6 Å². The van der Waals surface area contributed by atoms with Gasteiger partial charge in [0.2, 0.25) is 0 Å². The molecule has 2 aromatic rings. The number of fused-ring (bicyclic) bond motifs is 1. The number of para-hydroxylation sites is 2. The Labute approximate surface area is 99.7 Å². The monoisotopic (exact) mass is 230 g/mol. The van der Waals surface area contributed by atoms with Crippen LogP contribution in [0.2, 0.25) is 0 Å². The molecule has 0 unspecified atom stereocenters. The molecule has 1 heterocycles. The molecule has 0 saturated carbocycles. The van der Waals surface area contributed by atoms with Crippen LogP contribution in [0.5, 0.6) is 0 Å². The van der Waals surface area contributed by atoms with E-state index in [2.05, 4.69) is 9.97 Å². The number of hydrogen-bond donors (Lipinski definition) is 0. The molecule has 0 bridgehead atoms. The Morgan fingerprint density at radius 2 is 1.35 bits per heavy atom. The topological polar surface area (TPSA) is 59.9 Å². The van der Waals surface area contributed by atoms with Crippen molar-refractivity contribution in [2.75, 3.05) is 0 Å². The Morgan fingerprint density at radius 1 is 0.941 bits per heavy atom. The van der Waals surface area contributed by atoms with Crippen molar-refractivity contribution in [3.63, 3.8) is 0 Å². The summed E-state index contributed by atoms with van der Waals surface area (Å²) in [6.07, 6.45) is 3.48. The van der Waals surface area contributed by atoms with Gasteiger partial charge in [0, 0.05) is 12.4 Å². The summed E-state index contributed by atoms with van der Waals surface area (Å²) in [5.74, 6) is -0.125. The summed E-state index contributed by atoms with van der Waals surface area (Å²) in [6.45, 7) is 2.81. The standard InChI is InChI=1S/C8H6N2.C5H8O2/c1-2-4-8-7(3-1)9-5-6-10-8;1-4(6)3-5(2)7/h1-6H;3H2,1-2H3. The van der Waals surface area contributed by atoms with Gasteiger partial charge in [0.25, 0.3) is 0 Å². The number of nitrogens with zero attached hydrogens (tertiary/aromatic N) is 2. The maximum absolute atomic E-state index is 10.0. The zero-order valence-electron chi connectivity index (χ0n) is 9.88. The highest BCUT2D eigenvalue weighted by Crippen LogP contribution is 2.04. The van der Waals surface area contributed by atoms with E-state index in [0.717, 1.165) is 11.0 Å². The number of rotatable bonds is 2. The quantitative estimate of drug-likeness (QED) is 0.742. The fraction of sp³-hybridized carbons (Fsp3) is 0.231. The lowest BCUT2D eigenvalue weighted by atomic mass is 10.2. The van der Waals surface area contributed by atoms with Gasteiger partial charge in [0.15, 0.2) is 0 Å². The van der Waals surface area contributed by atoms with E-state index in [1.54, 1.807) is 12.4 Å². The second kappa shape index (κ2) is 6.48. The second-order valence-corrected chi connectivity index (χ2v) is 3.63. The van der Waals surface area contributed by atoms with E-state index in [1.165, 1.54) is 13.8 Å². The van der Waals surface area contributed by atoms with Gasteiger partial charge in [-0.15, -0.1) is 0 Å². The van der Waals surface area contributed by atoms with E-state index in [9.17, 15) is 9.59 Å². The van der Waals surface area contributed by atoms with Crippen LogP contribution < -0.4 is 0 Å². The van der Waals surface area contributed by atoms with Crippen molar-refractivity contribution in [1.29, 1.82) is 0 Å². The van der Waals surface area contributed by atoms with Gasteiger partial charge in [-0.25, -0.2) is 0 Å². The molecule has 1 aromatic heterocycles.